The van der Waals surface area contributed by atoms with E-state index in [0.717, 1.165) is 48.4 Å². The lowest BCUT2D eigenvalue weighted by atomic mass is 9.88. The lowest BCUT2D eigenvalue weighted by Crippen LogP contribution is -2.64. The minimum atomic E-state index is -0.451. The molecule has 2 atom stereocenters. The van der Waals surface area contributed by atoms with Gasteiger partial charge in [-0.3, -0.25) is 0 Å². The minimum absolute atomic E-state index is 0.190. The van der Waals surface area contributed by atoms with Crippen LogP contribution in [-0.2, 0) is 4.74 Å². The highest BCUT2D eigenvalue weighted by atomic mass is 16.6. The van der Waals surface area contributed by atoms with Crippen molar-refractivity contribution in [3.05, 3.63) is 53.6 Å². The molecule has 8 heteroatoms. The van der Waals surface area contributed by atoms with Crippen LogP contribution in [0.25, 0.3) is 11.1 Å². The second-order valence-corrected chi connectivity index (χ2v) is 10.5. The Kier molecular flexibility index (Phi) is 5.62. The molecule has 1 saturated carbocycles. The maximum atomic E-state index is 12.4. The van der Waals surface area contributed by atoms with E-state index in [4.69, 9.17) is 9.47 Å². The number of likely N-dealkylation sites (tertiary alicyclic amines) is 1. The summed E-state index contributed by atoms with van der Waals surface area (Å²) in [6.07, 6.45) is 2.81. The molecule has 1 N–H and O–H groups in total. The summed E-state index contributed by atoms with van der Waals surface area (Å²) in [5.74, 6) is 1.36. The number of rotatable bonds is 4. The third-order valence-electron chi connectivity index (χ3n) is 7.16. The number of methoxy groups -OCH3 is 1. The van der Waals surface area contributed by atoms with Gasteiger partial charge in [0.2, 0.25) is 5.22 Å². The van der Waals surface area contributed by atoms with E-state index in [1.165, 1.54) is 12.0 Å². The van der Waals surface area contributed by atoms with E-state index < -0.39 is 5.60 Å². The fourth-order valence-corrected chi connectivity index (χ4v) is 5.17. The van der Waals surface area contributed by atoms with E-state index in [0.29, 0.717) is 11.3 Å². The van der Waals surface area contributed by atoms with Crippen LogP contribution in [0.3, 0.4) is 0 Å². The van der Waals surface area contributed by atoms with E-state index in [2.05, 4.69) is 51.0 Å². The largest absolute Gasteiger partial charge is 0.496 e. The normalized spacial score (nSPS) is 22.8. The summed E-state index contributed by atoms with van der Waals surface area (Å²) in [6, 6.07) is 14.9. The average molecular weight is 463 g/mol. The summed E-state index contributed by atoms with van der Waals surface area (Å²) in [5, 5.41) is 14.3. The van der Waals surface area contributed by atoms with Crippen molar-refractivity contribution in [3.63, 3.8) is 0 Å². The SMILES string of the molecule is COc1cc(C2N=NN=[NH+]2)ccc1-c1ccc(C2CC23CCN(C(=O)OC(C)(C)C)CC3)cc1. The Morgan fingerprint density at radius 1 is 1.09 bits per heavy atom. The maximum absolute atomic E-state index is 12.4. The average Bonchev–Trinajstić information content (AvgIpc) is 3.24. The third kappa shape index (κ3) is 4.41. The van der Waals surface area contributed by atoms with Crippen LogP contribution in [0.15, 0.2) is 58.0 Å². The molecule has 2 fully saturated rings. The number of carbonyl (C=O) groups excluding carboxylic acids is 1. The molecule has 2 aromatic rings. The number of amides is 1. The highest BCUT2D eigenvalue weighted by Gasteiger charge is 2.55. The fourth-order valence-electron chi connectivity index (χ4n) is 5.17. The van der Waals surface area contributed by atoms with Crippen LogP contribution in [0.2, 0.25) is 0 Å². The van der Waals surface area contributed by atoms with Crippen LogP contribution in [0.4, 0.5) is 4.79 Å². The van der Waals surface area contributed by atoms with Gasteiger partial charge in [-0.05, 0) is 68.6 Å². The molecule has 3 aliphatic rings. The minimum Gasteiger partial charge on any atom is -0.496 e. The number of carbonyl (C=O) groups is 1. The molecule has 0 bridgehead atoms. The quantitative estimate of drug-likeness (QED) is 0.709. The number of hydrogen-bond acceptors (Lipinski definition) is 6. The molecule has 2 unspecified atom stereocenters. The standard InChI is InChI=1S/C26H31N5O3/c1-25(2,3)34-24(32)31-13-11-26(12-14-31)16-21(26)18-7-5-17(6-8-18)20-10-9-19(15-22(20)33-4)23-27-29-30-28-23/h5-10,15,21,23H,11-14,16H2,1-4H3/p+1. The van der Waals surface area contributed by atoms with Crippen molar-refractivity contribution in [1.29, 1.82) is 0 Å². The highest BCUT2D eigenvalue weighted by molar-refractivity contribution is 5.71. The molecule has 1 amide bonds. The summed E-state index contributed by atoms with van der Waals surface area (Å²) < 4.78 is 11.2. The van der Waals surface area contributed by atoms with Gasteiger partial charge >= 0.3 is 6.09 Å². The molecule has 5 rings (SSSR count). The molecular formula is C26H32N5O3+. The summed E-state index contributed by atoms with van der Waals surface area (Å²) >= 11 is 0. The molecule has 1 aliphatic carbocycles. The Morgan fingerprint density at radius 3 is 2.41 bits per heavy atom. The molecule has 2 aliphatic heterocycles. The lowest BCUT2D eigenvalue weighted by molar-refractivity contribution is -0.567. The molecule has 34 heavy (non-hydrogen) atoms. The zero-order valence-corrected chi connectivity index (χ0v) is 20.2. The predicted octanol–water partition coefficient (Wildman–Crippen LogP) is 4.78. The van der Waals surface area contributed by atoms with E-state index in [1.807, 2.05) is 37.8 Å². The van der Waals surface area contributed by atoms with Gasteiger partial charge in [-0.25, -0.2) is 4.79 Å². The van der Waals surface area contributed by atoms with Crippen LogP contribution in [-0.4, -0.2) is 36.8 Å². The molecule has 8 nitrogen and oxygen atoms in total. The van der Waals surface area contributed by atoms with Crippen molar-refractivity contribution in [1.82, 2.24) is 4.90 Å². The first-order valence-electron chi connectivity index (χ1n) is 11.9. The van der Waals surface area contributed by atoms with Gasteiger partial charge in [0, 0.05) is 29.3 Å². The highest BCUT2D eigenvalue weighted by Crippen LogP contribution is 2.65. The van der Waals surface area contributed by atoms with Crippen LogP contribution in [0, 0.1) is 5.41 Å². The first-order valence-corrected chi connectivity index (χ1v) is 11.9. The molecule has 2 heterocycles. The fraction of sp³-hybridized carbons (Fsp3) is 0.500. The Morgan fingerprint density at radius 2 is 1.79 bits per heavy atom. The second kappa shape index (κ2) is 8.49. The van der Waals surface area contributed by atoms with E-state index in [-0.39, 0.29) is 12.3 Å². The Labute approximate surface area is 200 Å². The summed E-state index contributed by atoms with van der Waals surface area (Å²) in [4.78, 5) is 14.3. The first kappa shape index (κ1) is 22.5. The zero-order chi connectivity index (χ0) is 23.9. The molecule has 1 saturated heterocycles. The number of nitrogens with one attached hydrogen (secondary N) is 1. The molecule has 1 spiro atoms. The van der Waals surface area contributed by atoms with Gasteiger partial charge in [-0.1, -0.05) is 36.4 Å². The van der Waals surface area contributed by atoms with Crippen LogP contribution >= 0.6 is 0 Å². The van der Waals surface area contributed by atoms with Gasteiger partial charge in [0.1, 0.15) is 11.4 Å². The van der Waals surface area contributed by atoms with Crippen molar-refractivity contribution < 1.29 is 19.4 Å². The van der Waals surface area contributed by atoms with Crippen molar-refractivity contribution in [2.75, 3.05) is 20.2 Å². The Hall–Kier alpha value is -3.29. The summed E-state index contributed by atoms with van der Waals surface area (Å²) in [6.45, 7) is 7.29. The third-order valence-corrected chi connectivity index (χ3v) is 7.16. The Balaban J connectivity index is 1.24. The predicted molar refractivity (Wildman–Crippen MR) is 126 cm³/mol. The van der Waals surface area contributed by atoms with Gasteiger partial charge in [0.05, 0.1) is 7.11 Å². The molecule has 2 aromatic carbocycles. The van der Waals surface area contributed by atoms with Gasteiger partial charge < -0.3 is 14.4 Å². The number of piperidine rings is 1. The van der Waals surface area contributed by atoms with Gasteiger partial charge in [0.25, 0.3) is 6.17 Å². The van der Waals surface area contributed by atoms with Crippen LogP contribution in [0.5, 0.6) is 5.75 Å². The van der Waals surface area contributed by atoms with Crippen molar-refractivity contribution in [2.45, 2.75) is 57.7 Å². The van der Waals surface area contributed by atoms with Gasteiger partial charge in [-0.2, -0.15) is 0 Å². The summed E-state index contributed by atoms with van der Waals surface area (Å²) in [5.41, 5.74) is 4.37. The molecule has 0 aromatic heterocycles. The molecule has 178 valence electrons. The van der Waals surface area contributed by atoms with Crippen molar-refractivity contribution >= 4 is 6.09 Å². The van der Waals surface area contributed by atoms with E-state index >= 15 is 0 Å². The van der Waals surface area contributed by atoms with Crippen LogP contribution in [0.1, 0.15) is 63.2 Å². The van der Waals surface area contributed by atoms with E-state index in [9.17, 15) is 4.79 Å². The van der Waals surface area contributed by atoms with Gasteiger partial charge in [-0.15, -0.1) is 5.11 Å². The number of hydrogen-bond donors (Lipinski definition) is 1. The van der Waals surface area contributed by atoms with Crippen LogP contribution < -0.4 is 9.85 Å². The smallest absolute Gasteiger partial charge is 0.410 e. The Bertz CT molecular complexity index is 1120. The maximum Gasteiger partial charge on any atom is 0.410 e. The van der Waals surface area contributed by atoms with Gasteiger partial charge in [0.15, 0.2) is 5.22 Å². The number of benzene rings is 2. The zero-order valence-electron chi connectivity index (χ0n) is 20.2. The lowest BCUT2D eigenvalue weighted by Gasteiger charge is -2.34. The molecular weight excluding hydrogens is 430 g/mol. The molecule has 0 radical (unpaired) electrons. The monoisotopic (exact) mass is 462 g/mol. The van der Waals surface area contributed by atoms with Crippen molar-refractivity contribution in [2.24, 2.45) is 21.0 Å². The van der Waals surface area contributed by atoms with E-state index in [1.54, 1.807) is 7.11 Å². The van der Waals surface area contributed by atoms with Crippen molar-refractivity contribution in [3.8, 4) is 16.9 Å². The number of nitrogens with zero attached hydrogens (tertiary/aromatic N) is 4. The number of ether oxygens (including phenoxy) is 2. The summed E-state index contributed by atoms with van der Waals surface area (Å²) in [7, 11) is 1.68. The topological polar surface area (TPSA) is 89.8 Å². The first-order chi connectivity index (χ1) is 16.3. The second-order valence-electron chi connectivity index (χ2n) is 10.5.